The highest BCUT2D eigenvalue weighted by Gasteiger charge is 2.09. The number of para-hydroxylation sites is 1. The van der Waals surface area contributed by atoms with Gasteiger partial charge in [0.1, 0.15) is 10.0 Å². The first-order chi connectivity index (χ1) is 9.88. The third kappa shape index (κ3) is 2.69. The van der Waals surface area contributed by atoms with E-state index in [2.05, 4.69) is 33.5 Å². The van der Waals surface area contributed by atoms with E-state index in [1.807, 2.05) is 30.5 Å². The molecule has 0 bridgehead atoms. The van der Waals surface area contributed by atoms with E-state index in [1.165, 1.54) is 0 Å². The number of nitrogens with zero attached hydrogens (tertiary/aromatic N) is 3. The summed E-state index contributed by atoms with van der Waals surface area (Å²) in [4.78, 5) is 4.38. The van der Waals surface area contributed by atoms with Gasteiger partial charge in [-0.1, -0.05) is 36.5 Å². The standard InChI is InChI=1S/C15H16N4S/c1-2-16-9-8-14-18-19-15(20-14)12-7-10-17-13-6-4-3-5-11(12)13/h3-7,10,16H,2,8-9H2,1H3. The molecule has 20 heavy (non-hydrogen) atoms. The lowest BCUT2D eigenvalue weighted by Crippen LogP contribution is -2.15. The van der Waals surface area contributed by atoms with Gasteiger partial charge in [-0.25, -0.2) is 0 Å². The van der Waals surface area contributed by atoms with Crippen molar-refractivity contribution in [1.29, 1.82) is 0 Å². The molecule has 0 aliphatic rings. The molecule has 1 aromatic carbocycles. The van der Waals surface area contributed by atoms with E-state index in [-0.39, 0.29) is 0 Å². The van der Waals surface area contributed by atoms with E-state index >= 15 is 0 Å². The van der Waals surface area contributed by atoms with E-state index in [0.717, 1.165) is 46.0 Å². The molecule has 1 N–H and O–H groups in total. The molecule has 0 radical (unpaired) electrons. The first-order valence-corrected chi connectivity index (χ1v) is 7.57. The van der Waals surface area contributed by atoms with Crippen LogP contribution in [0, 0.1) is 0 Å². The zero-order chi connectivity index (χ0) is 13.8. The Balaban J connectivity index is 1.91. The number of pyridine rings is 1. The third-order valence-electron chi connectivity index (χ3n) is 3.11. The smallest absolute Gasteiger partial charge is 0.148 e. The predicted molar refractivity (Wildman–Crippen MR) is 82.9 cm³/mol. The van der Waals surface area contributed by atoms with Crippen LogP contribution in [0.25, 0.3) is 21.5 Å². The van der Waals surface area contributed by atoms with E-state index in [4.69, 9.17) is 0 Å². The Hall–Kier alpha value is -1.85. The normalized spacial score (nSPS) is 11.1. The maximum Gasteiger partial charge on any atom is 0.148 e. The van der Waals surface area contributed by atoms with Crippen LogP contribution < -0.4 is 5.32 Å². The van der Waals surface area contributed by atoms with Gasteiger partial charge in [0.05, 0.1) is 5.52 Å². The highest BCUT2D eigenvalue weighted by Crippen LogP contribution is 2.29. The summed E-state index contributed by atoms with van der Waals surface area (Å²) in [5, 5.41) is 15.1. The molecule has 0 unspecified atom stereocenters. The van der Waals surface area contributed by atoms with Crippen LogP contribution in [0.4, 0.5) is 0 Å². The number of hydrogen-bond acceptors (Lipinski definition) is 5. The molecular formula is C15H16N4S. The van der Waals surface area contributed by atoms with Crippen LogP contribution in [0.15, 0.2) is 36.5 Å². The largest absolute Gasteiger partial charge is 0.317 e. The Bertz CT molecular complexity index is 702. The number of rotatable bonds is 5. The summed E-state index contributed by atoms with van der Waals surface area (Å²) in [5.74, 6) is 0. The average molecular weight is 284 g/mol. The fraction of sp³-hybridized carbons (Fsp3) is 0.267. The number of likely N-dealkylation sites (N-methyl/N-ethyl adjacent to an activating group) is 1. The molecule has 0 fully saturated rings. The summed E-state index contributed by atoms with van der Waals surface area (Å²) >= 11 is 1.66. The van der Waals surface area contributed by atoms with Crippen LogP contribution in [0.5, 0.6) is 0 Å². The van der Waals surface area contributed by atoms with Gasteiger partial charge >= 0.3 is 0 Å². The van der Waals surface area contributed by atoms with Crippen LogP contribution in [0.1, 0.15) is 11.9 Å². The van der Waals surface area contributed by atoms with Gasteiger partial charge in [0.2, 0.25) is 0 Å². The molecule has 3 rings (SSSR count). The maximum atomic E-state index is 4.38. The minimum absolute atomic E-state index is 0.925. The van der Waals surface area contributed by atoms with Crippen molar-refractivity contribution in [3.05, 3.63) is 41.5 Å². The minimum Gasteiger partial charge on any atom is -0.317 e. The van der Waals surface area contributed by atoms with Gasteiger partial charge in [0.15, 0.2) is 0 Å². The van der Waals surface area contributed by atoms with Crippen molar-refractivity contribution in [3.63, 3.8) is 0 Å². The quantitative estimate of drug-likeness (QED) is 0.732. The van der Waals surface area contributed by atoms with Crippen molar-refractivity contribution in [1.82, 2.24) is 20.5 Å². The average Bonchev–Trinajstić information content (AvgIpc) is 2.96. The van der Waals surface area contributed by atoms with Crippen LogP contribution >= 0.6 is 11.3 Å². The maximum absolute atomic E-state index is 4.38. The van der Waals surface area contributed by atoms with Gasteiger partial charge in [-0.05, 0) is 18.7 Å². The molecule has 0 aliphatic heterocycles. The van der Waals surface area contributed by atoms with E-state index in [9.17, 15) is 0 Å². The van der Waals surface area contributed by atoms with Gasteiger partial charge in [0.25, 0.3) is 0 Å². The van der Waals surface area contributed by atoms with Gasteiger partial charge in [-0.2, -0.15) is 0 Å². The highest BCUT2D eigenvalue weighted by molar-refractivity contribution is 7.14. The molecule has 0 atom stereocenters. The molecule has 102 valence electrons. The molecule has 0 saturated carbocycles. The first-order valence-electron chi connectivity index (χ1n) is 6.75. The van der Waals surface area contributed by atoms with Gasteiger partial charge in [0, 0.05) is 30.1 Å². The number of fused-ring (bicyclic) bond motifs is 1. The van der Waals surface area contributed by atoms with E-state index < -0.39 is 0 Å². The summed E-state index contributed by atoms with van der Waals surface area (Å²) in [5.41, 5.74) is 2.11. The lowest BCUT2D eigenvalue weighted by atomic mass is 10.1. The molecule has 2 heterocycles. The second-order valence-electron chi connectivity index (χ2n) is 4.48. The van der Waals surface area contributed by atoms with Gasteiger partial charge in [-0.3, -0.25) is 4.98 Å². The monoisotopic (exact) mass is 284 g/mol. The van der Waals surface area contributed by atoms with Crippen molar-refractivity contribution < 1.29 is 0 Å². The lowest BCUT2D eigenvalue weighted by Gasteiger charge is -2.01. The second-order valence-corrected chi connectivity index (χ2v) is 5.54. The minimum atomic E-state index is 0.925. The van der Waals surface area contributed by atoms with Crippen molar-refractivity contribution in [2.75, 3.05) is 13.1 Å². The van der Waals surface area contributed by atoms with Crippen LogP contribution in [-0.2, 0) is 6.42 Å². The summed E-state index contributed by atoms with van der Waals surface area (Å²) in [7, 11) is 0. The number of aromatic nitrogens is 3. The van der Waals surface area contributed by atoms with Crippen LogP contribution in [0.2, 0.25) is 0 Å². The SMILES string of the molecule is CCNCCc1nnc(-c2ccnc3ccccc23)s1. The molecule has 0 saturated heterocycles. The summed E-state index contributed by atoms with van der Waals surface area (Å²) in [6.07, 6.45) is 2.76. The van der Waals surface area contributed by atoms with Crippen molar-refractivity contribution in [2.24, 2.45) is 0 Å². The Morgan fingerprint density at radius 2 is 2.05 bits per heavy atom. The highest BCUT2D eigenvalue weighted by atomic mass is 32.1. The fourth-order valence-electron chi connectivity index (χ4n) is 2.12. The summed E-state index contributed by atoms with van der Waals surface area (Å²) in [6, 6.07) is 10.1. The molecule has 3 aromatic rings. The van der Waals surface area contributed by atoms with Crippen LogP contribution in [-0.4, -0.2) is 28.3 Å². The topological polar surface area (TPSA) is 50.7 Å². The molecule has 5 heteroatoms. The molecule has 0 amide bonds. The summed E-state index contributed by atoms with van der Waals surface area (Å²) in [6.45, 7) is 4.04. The number of hydrogen-bond donors (Lipinski definition) is 1. The Morgan fingerprint density at radius 3 is 2.95 bits per heavy atom. The molecule has 0 aliphatic carbocycles. The van der Waals surface area contributed by atoms with Crippen molar-refractivity contribution in [3.8, 4) is 10.6 Å². The molecule has 2 aromatic heterocycles. The predicted octanol–water partition coefficient (Wildman–Crippen LogP) is 2.91. The second kappa shape index (κ2) is 6.07. The lowest BCUT2D eigenvalue weighted by molar-refractivity contribution is 0.710. The van der Waals surface area contributed by atoms with Gasteiger partial charge in [-0.15, -0.1) is 10.2 Å². The first kappa shape index (κ1) is 13.1. The molecular weight excluding hydrogens is 268 g/mol. The Labute approximate surface area is 121 Å². The molecule has 4 nitrogen and oxygen atoms in total. The van der Waals surface area contributed by atoms with Crippen molar-refractivity contribution >= 4 is 22.2 Å². The van der Waals surface area contributed by atoms with Crippen LogP contribution in [0.3, 0.4) is 0 Å². The Morgan fingerprint density at radius 1 is 1.15 bits per heavy atom. The van der Waals surface area contributed by atoms with Gasteiger partial charge < -0.3 is 5.32 Å². The van der Waals surface area contributed by atoms with E-state index in [1.54, 1.807) is 11.3 Å². The zero-order valence-corrected chi connectivity index (χ0v) is 12.2. The third-order valence-corrected chi connectivity index (χ3v) is 4.13. The number of nitrogens with one attached hydrogen (secondary N) is 1. The summed E-state index contributed by atoms with van der Waals surface area (Å²) < 4.78 is 0. The van der Waals surface area contributed by atoms with E-state index in [0.29, 0.717) is 0 Å². The van der Waals surface area contributed by atoms with Crippen molar-refractivity contribution in [2.45, 2.75) is 13.3 Å². The molecule has 0 spiro atoms. The fourth-order valence-corrected chi connectivity index (χ4v) is 3.00. The number of benzene rings is 1. The Kier molecular flexibility index (Phi) is 3.99. The zero-order valence-electron chi connectivity index (χ0n) is 11.3.